The van der Waals surface area contributed by atoms with Gasteiger partial charge in [-0.05, 0) is 30.3 Å². The molecule has 5 nitrogen and oxygen atoms in total. The fourth-order valence-corrected chi connectivity index (χ4v) is 3.19. The number of sulfone groups is 1. The molecule has 0 bridgehead atoms. The van der Waals surface area contributed by atoms with Gasteiger partial charge in [-0.2, -0.15) is 5.26 Å². The van der Waals surface area contributed by atoms with Crippen LogP contribution in [0.2, 0.25) is 0 Å². The molecule has 1 heterocycles. The monoisotopic (exact) mass is 344 g/mol. The summed E-state index contributed by atoms with van der Waals surface area (Å²) in [5.74, 6) is -0.812. The average Bonchev–Trinajstić information content (AvgIpc) is 3.03. The number of benzene rings is 2. The van der Waals surface area contributed by atoms with Crippen molar-refractivity contribution in [2.75, 3.05) is 17.9 Å². The molecule has 0 fully saturated rings. The first kappa shape index (κ1) is 16.0. The molecule has 2 aromatic rings. The summed E-state index contributed by atoms with van der Waals surface area (Å²) in [6.45, 7) is 0.222. The van der Waals surface area contributed by atoms with Crippen LogP contribution in [0.15, 0.2) is 53.6 Å². The quantitative estimate of drug-likeness (QED) is 0.856. The molecule has 0 saturated carbocycles. The van der Waals surface area contributed by atoms with Crippen LogP contribution in [0.1, 0.15) is 11.1 Å². The third-order valence-corrected chi connectivity index (χ3v) is 4.73. The number of hydrogen-bond acceptors (Lipinski definition) is 5. The Balaban J connectivity index is 2.00. The van der Waals surface area contributed by atoms with Crippen molar-refractivity contribution in [3.63, 3.8) is 0 Å². The van der Waals surface area contributed by atoms with Gasteiger partial charge in [0.15, 0.2) is 16.6 Å². The minimum Gasteiger partial charge on any atom is -0.478 e. The molecular weight excluding hydrogens is 331 g/mol. The zero-order valence-electron chi connectivity index (χ0n) is 12.7. The Morgan fingerprint density at radius 3 is 2.71 bits per heavy atom. The number of rotatable bonds is 3. The zero-order chi connectivity index (χ0) is 17.3. The first-order valence-corrected chi connectivity index (χ1v) is 8.89. The van der Waals surface area contributed by atoms with Crippen LogP contribution in [0.4, 0.5) is 10.1 Å². The molecule has 0 aromatic heterocycles. The molecule has 3 rings (SSSR count). The van der Waals surface area contributed by atoms with Gasteiger partial charge in [-0.3, -0.25) is 0 Å². The molecule has 0 unspecified atom stereocenters. The molecule has 0 radical (unpaired) electrons. The molecule has 122 valence electrons. The fraction of sp³-hybridized carbons (Fsp3) is 0.118. The summed E-state index contributed by atoms with van der Waals surface area (Å²) in [5, 5.41) is 9.01. The van der Waals surface area contributed by atoms with E-state index in [1.807, 2.05) is 6.07 Å². The van der Waals surface area contributed by atoms with Crippen LogP contribution in [0.5, 0.6) is 0 Å². The van der Waals surface area contributed by atoms with Crippen molar-refractivity contribution in [2.24, 2.45) is 0 Å². The summed E-state index contributed by atoms with van der Waals surface area (Å²) < 4.78 is 42.5. The fourth-order valence-electron chi connectivity index (χ4n) is 2.47. The highest BCUT2D eigenvalue weighted by molar-refractivity contribution is 7.90. The van der Waals surface area contributed by atoms with Gasteiger partial charge in [0.2, 0.25) is 0 Å². The second-order valence-electron chi connectivity index (χ2n) is 5.31. The lowest BCUT2D eigenvalue weighted by atomic mass is 10.1. The molecular formula is C17H13FN2O3S. The van der Waals surface area contributed by atoms with E-state index < -0.39 is 15.7 Å². The van der Waals surface area contributed by atoms with E-state index in [2.05, 4.69) is 6.07 Å². The predicted molar refractivity (Wildman–Crippen MR) is 87.1 cm³/mol. The van der Waals surface area contributed by atoms with Crippen molar-refractivity contribution < 1.29 is 17.5 Å². The summed E-state index contributed by atoms with van der Waals surface area (Å²) in [6, 6.07) is 12.9. The molecule has 0 N–H and O–H groups in total. The molecule has 1 aliphatic rings. The van der Waals surface area contributed by atoms with Gasteiger partial charge < -0.3 is 9.64 Å². The Labute approximate surface area is 139 Å². The number of nitriles is 1. The van der Waals surface area contributed by atoms with Crippen LogP contribution < -0.4 is 4.90 Å². The molecule has 0 amide bonds. The molecule has 0 saturated heterocycles. The van der Waals surface area contributed by atoms with Gasteiger partial charge in [0.1, 0.15) is 17.0 Å². The predicted octanol–water partition coefficient (Wildman–Crippen LogP) is 2.89. The van der Waals surface area contributed by atoms with Crippen LogP contribution in [0.25, 0.3) is 5.70 Å². The summed E-state index contributed by atoms with van der Waals surface area (Å²) >= 11 is 0. The van der Waals surface area contributed by atoms with Crippen molar-refractivity contribution in [3.05, 3.63) is 65.7 Å². The maximum absolute atomic E-state index is 14.1. The van der Waals surface area contributed by atoms with Crippen molar-refractivity contribution in [1.82, 2.24) is 0 Å². The number of halogens is 1. The molecule has 0 spiro atoms. The van der Waals surface area contributed by atoms with Gasteiger partial charge in [0.05, 0.1) is 17.3 Å². The van der Waals surface area contributed by atoms with Crippen LogP contribution in [0.3, 0.4) is 0 Å². The summed E-state index contributed by atoms with van der Waals surface area (Å²) in [5.41, 5.74) is 2.30. The largest absolute Gasteiger partial charge is 0.478 e. The first-order valence-electron chi connectivity index (χ1n) is 6.99. The topological polar surface area (TPSA) is 70.4 Å². The third-order valence-electron chi connectivity index (χ3n) is 3.60. The van der Waals surface area contributed by atoms with E-state index in [4.69, 9.17) is 10.00 Å². The van der Waals surface area contributed by atoms with Gasteiger partial charge >= 0.3 is 0 Å². The van der Waals surface area contributed by atoms with E-state index in [1.54, 1.807) is 23.1 Å². The lowest BCUT2D eigenvalue weighted by Gasteiger charge is -2.20. The molecule has 7 heteroatoms. The highest BCUT2D eigenvalue weighted by atomic mass is 32.2. The molecule has 0 aliphatic carbocycles. The van der Waals surface area contributed by atoms with Crippen molar-refractivity contribution in [3.8, 4) is 6.07 Å². The number of anilines is 1. The summed E-state index contributed by atoms with van der Waals surface area (Å²) in [6.07, 6.45) is 2.44. The summed E-state index contributed by atoms with van der Waals surface area (Å²) in [4.78, 5) is 1.43. The minimum atomic E-state index is -3.62. The minimum absolute atomic E-state index is 0.222. The van der Waals surface area contributed by atoms with Crippen molar-refractivity contribution >= 4 is 21.2 Å². The number of ether oxygens (including phenoxy) is 1. The van der Waals surface area contributed by atoms with Crippen LogP contribution in [-0.4, -0.2) is 21.4 Å². The Bertz CT molecular complexity index is 978. The smallest absolute Gasteiger partial charge is 0.178 e. The Kier molecular flexibility index (Phi) is 3.99. The average molecular weight is 344 g/mol. The number of hydrogen-bond donors (Lipinski definition) is 0. The Hall–Kier alpha value is -2.85. The van der Waals surface area contributed by atoms with E-state index in [0.717, 1.165) is 18.0 Å². The van der Waals surface area contributed by atoms with Crippen molar-refractivity contribution in [1.29, 1.82) is 5.26 Å². The van der Waals surface area contributed by atoms with Crippen molar-refractivity contribution in [2.45, 2.75) is 4.90 Å². The van der Waals surface area contributed by atoms with Gasteiger partial charge in [-0.1, -0.05) is 12.1 Å². The Morgan fingerprint density at radius 1 is 1.25 bits per heavy atom. The van der Waals surface area contributed by atoms with Gasteiger partial charge in [-0.25, -0.2) is 12.8 Å². The highest BCUT2D eigenvalue weighted by Crippen LogP contribution is 2.31. The second-order valence-corrected chi connectivity index (χ2v) is 7.29. The lowest BCUT2D eigenvalue weighted by molar-refractivity contribution is 0.282. The highest BCUT2D eigenvalue weighted by Gasteiger charge is 2.22. The van der Waals surface area contributed by atoms with E-state index in [0.29, 0.717) is 16.8 Å². The summed E-state index contributed by atoms with van der Waals surface area (Å²) in [7, 11) is -3.62. The SMILES string of the molecule is CS(=O)(=O)c1ccc(C2=COCN2c2cccc(C#N)c2)cc1F. The van der Waals surface area contributed by atoms with Crippen LogP contribution in [0, 0.1) is 17.1 Å². The van der Waals surface area contributed by atoms with Gasteiger partial charge in [0.25, 0.3) is 0 Å². The first-order chi connectivity index (χ1) is 11.4. The van der Waals surface area contributed by atoms with Gasteiger partial charge in [0, 0.05) is 17.5 Å². The standard InChI is InChI=1S/C17H13FN2O3S/c1-24(21,22)17-6-5-13(8-15(17)18)16-10-23-11-20(16)14-4-2-3-12(7-14)9-19/h2-8,10H,11H2,1H3. The molecule has 0 atom stereocenters. The van der Waals surface area contributed by atoms with Crippen LogP contribution in [-0.2, 0) is 14.6 Å². The van der Waals surface area contributed by atoms with Crippen LogP contribution >= 0.6 is 0 Å². The maximum Gasteiger partial charge on any atom is 0.178 e. The maximum atomic E-state index is 14.1. The van der Waals surface area contributed by atoms with E-state index in [1.165, 1.54) is 18.4 Å². The molecule has 2 aromatic carbocycles. The second kappa shape index (κ2) is 5.98. The number of nitrogens with zero attached hydrogens (tertiary/aromatic N) is 2. The van der Waals surface area contributed by atoms with Gasteiger partial charge in [-0.15, -0.1) is 0 Å². The normalized spacial score (nSPS) is 14.0. The zero-order valence-corrected chi connectivity index (χ0v) is 13.5. The van der Waals surface area contributed by atoms with E-state index in [9.17, 15) is 12.8 Å². The third kappa shape index (κ3) is 2.96. The molecule has 1 aliphatic heterocycles. The lowest BCUT2D eigenvalue weighted by Crippen LogP contribution is -2.18. The molecule has 24 heavy (non-hydrogen) atoms. The van der Waals surface area contributed by atoms with E-state index in [-0.39, 0.29) is 11.6 Å². The van der Waals surface area contributed by atoms with E-state index >= 15 is 0 Å². The Morgan fingerprint density at radius 2 is 2.04 bits per heavy atom.